The Balaban J connectivity index is 2.29. The van der Waals surface area contributed by atoms with E-state index in [2.05, 4.69) is 16.0 Å². The number of amides is 4. The molecule has 1 aliphatic rings. The zero-order valence-corrected chi connectivity index (χ0v) is 12.1. The van der Waals surface area contributed by atoms with Gasteiger partial charge in [0, 0.05) is 5.69 Å². The Kier molecular flexibility index (Phi) is 3.46. The Morgan fingerprint density at radius 1 is 1.33 bits per heavy atom. The number of urea groups is 1. The van der Waals surface area contributed by atoms with Crippen LogP contribution < -0.4 is 21.7 Å². The largest absolute Gasteiger partial charge is 0.325 e. The minimum absolute atomic E-state index is 0.343. The second kappa shape index (κ2) is 4.85. The van der Waals surface area contributed by atoms with Crippen LogP contribution in [0.15, 0.2) is 24.3 Å². The Labute approximate surface area is 122 Å². The van der Waals surface area contributed by atoms with Crippen LogP contribution in [0.5, 0.6) is 0 Å². The van der Waals surface area contributed by atoms with Crippen LogP contribution in [0.2, 0.25) is 0 Å². The first kappa shape index (κ1) is 15.0. The van der Waals surface area contributed by atoms with E-state index in [9.17, 15) is 14.4 Å². The van der Waals surface area contributed by atoms with Crippen LogP contribution in [0.3, 0.4) is 0 Å². The van der Waals surface area contributed by atoms with Crippen LogP contribution in [0.1, 0.15) is 26.3 Å². The van der Waals surface area contributed by atoms with Crippen LogP contribution in [0.25, 0.3) is 0 Å². The number of nitrogens with two attached hydrogens (primary N) is 1. The molecule has 0 radical (unpaired) electrons. The summed E-state index contributed by atoms with van der Waals surface area (Å²) in [5.41, 5.74) is 4.62. The number of rotatable bonds is 3. The average molecular weight is 290 g/mol. The molecule has 4 amide bonds. The SMILES string of the molecule is CC(C)(N)C(=O)Nc1cccc(C2(C)NC(=O)NC2=O)c1. The maximum absolute atomic E-state index is 11.9. The number of benzene rings is 1. The molecule has 0 aromatic heterocycles. The minimum atomic E-state index is -1.16. The van der Waals surface area contributed by atoms with Gasteiger partial charge in [-0.15, -0.1) is 0 Å². The lowest BCUT2D eigenvalue weighted by Gasteiger charge is -2.23. The molecular formula is C14H18N4O3. The molecule has 1 saturated heterocycles. The molecule has 5 N–H and O–H groups in total. The number of imide groups is 1. The van der Waals surface area contributed by atoms with E-state index in [1.807, 2.05) is 0 Å². The average Bonchev–Trinajstić information content (AvgIpc) is 2.63. The van der Waals surface area contributed by atoms with Gasteiger partial charge in [-0.05, 0) is 38.5 Å². The van der Waals surface area contributed by atoms with Gasteiger partial charge in [0.2, 0.25) is 5.91 Å². The quantitative estimate of drug-likeness (QED) is 0.604. The second-order valence-electron chi connectivity index (χ2n) is 5.79. The van der Waals surface area contributed by atoms with Gasteiger partial charge in [0.1, 0.15) is 5.54 Å². The first-order valence-corrected chi connectivity index (χ1v) is 6.47. The summed E-state index contributed by atoms with van der Waals surface area (Å²) in [6, 6.07) is 6.17. The molecule has 7 heteroatoms. The van der Waals surface area contributed by atoms with Crippen molar-refractivity contribution in [3.8, 4) is 0 Å². The first-order chi connectivity index (χ1) is 9.63. The molecule has 0 aliphatic carbocycles. The van der Waals surface area contributed by atoms with Gasteiger partial charge < -0.3 is 16.4 Å². The van der Waals surface area contributed by atoms with Gasteiger partial charge in [-0.25, -0.2) is 4.79 Å². The Morgan fingerprint density at radius 3 is 2.52 bits per heavy atom. The summed E-state index contributed by atoms with van der Waals surface area (Å²) >= 11 is 0. The zero-order chi connectivity index (χ0) is 15.8. The van der Waals surface area contributed by atoms with Crippen LogP contribution in [0, 0.1) is 0 Å². The Bertz CT molecular complexity index is 621. The predicted octanol–water partition coefficient (Wildman–Crippen LogP) is 0.417. The van der Waals surface area contributed by atoms with Gasteiger partial charge in [0.25, 0.3) is 5.91 Å². The third kappa shape index (κ3) is 2.87. The first-order valence-electron chi connectivity index (χ1n) is 6.47. The van der Waals surface area contributed by atoms with Crippen LogP contribution in [-0.4, -0.2) is 23.4 Å². The lowest BCUT2D eigenvalue weighted by atomic mass is 9.92. The number of carbonyl (C=O) groups excluding carboxylic acids is 3. The molecule has 2 rings (SSSR count). The van der Waals surface area contributed by atoms with Crippen LogP contribution >= 0.6 is 0 Å². The van der Waals surface area contributed by atoms with E-state index < -0.39 is 23.0 Å². The van der Waals surface area contributed by atoms with Crippen molar-refractivity contribution in [3.63, 3.8) is 0 Å². The molecule has 112 valence electrons. The maximum atomic E-state index is 11.9. The van der Waals surface area contributed by atoms with Crippen LogP contribution in [0.4, 0.5) is 10.5 Å². The number of hydrogen-bond acceptors (Lipinski definition) is 4. The second-order valence-corrected chi connectivity index (χ2v) is 5.79. The summed E-state index contributed by atoms with van der Waals surface area (Å²) in [4.78, 5) is 35.1. The number of carbonyl (C=O) groups is 3. The molecule has 1 fully saturated rings. The smallest absolute Gasteiger partial charge is 0.322 e. The summed E-state index contributed by atoms with van der Waals surface area (Å²) in [5, 5.41) is 7.44. The lowest BCUT2D eigenvalue weighted by Crippen LogP contribution is -2.45. The minimum Gasteiger partial charge on any atom is -0.325 e. The van der Waals surface area contributed by atoms with Gasteiger partial charge in [-0.3, -0.25) is 14.9 Å². The van der Waals surface area contributed by atoms with E-state index in [4.69, 9.17) is 5.73 Å². The van der Waals surface area contributed by atoms with Gasteiger partial charge in [0.05, 0.1) is 5.54 Å². The number of hydrogen-bond donors (Lipinski definition) is 4. The van der Waals surface area contributed by atoms with Gasteiger partial charge >= 0.3 is 6.03 Å². The summed E-state index contributed by atoms with van der Waals surface area (Å²) in [7, 11) is 0. The molecule has 0 spiro atoms. The fraction of sp³-hybridized carbons (Fsp3) is 0.357. The third-order valence-electron chi connectivity index (χ3n) is 3.33. The van der Waals surface area contributed by atoms with Gasteiger partial charge in [-0.1, -0.05) is 12.1 Å². The zero-order valence-electron chi connectivity index (χ0n) is 12.1. The van der Waals surface area contributed by atoms with E-state index >= 15 is 0 Å². The van der Waals surface area contributed by atoms with E-state index in [1.165, 1.54) is 0 Å². The van der Waals surface area contributed by atoms with Crippen molar-refractivity contribution in [3.05, 3.63) is 29.8 Å². The van der Waals surface area contributed by atoms with Crippen molar-refractivity contribution in [2.45, 2.75) is 31.8 Å². The van der Waals surface area contributed by atoms with E-state index in [0.717, 1.165) is 0 Å². The van der Waals surface area contributed by atoms with Crippen LogP contribution in [-0.2, 0) is 15.1 Å². The van der Waals surface area contributed by atoms with Crippen molar-refractivity contribution in [2.24, 2.45) is 5.73 Å². The third-order valence-corrected chi connectivity index (χ3v) is 3.33. The summed E-state index contributed by atoms with van der Waals surface area (Å²) in [5.74, 6) is -0.778. The molecular weight excluding hydrogens is 272 g/mol. The molecule has 1 heterocycles. The topological polar surface area (TPSA) is 113 Å². The summed E-state index contributed by atoms with van der Waals surface area (Å²) in [6.07, 6.45) is 0. The maximum Gasteiger partial charge on any atom is 0.322 e. The highest BCUT2D eigenvalue weighted by molar-refractivity contribution is 6.07. The normalized spacial score (nSPS) is 21.7. The van der Waals surface area contributed by atoms with E-state index in [0.29, 0.717) is 11.3 Å². The molecule has 0 bridgehead atoms. The van der Waals surface area contributed by atoms with E-state index in [1.54, 1.807) is 45.0 Å². The fourth-order valence-corrected chi connectivity index (χ4v) is 1.95. The summed E-state index contributed by atoms with van der Waals surface area (Å²) in [6.45, 7) is 4.79. The molecule has 0 saturated carbocycles. The number of anilines is 1. The summed E-state index contributed by atoms with van der Waals surface area (Å²) < 4.78 is 0. The lowest BCUT2D eigenvalue weighted by molar-refractivity contribution is -0.123. The Hall–Kier alpha value is -2.41. The van der Waals surface area contributed by atoms with Gasteiger partial charge in [-0.2, -0.15) is 0 Å². The standard InChI is InChI=1S/C14H18N4O3/c1-13(2,15)10(19)16-9-6-4-5-8(7-9)14(3)11(20)17-12(21)18-14/h4-7H,15H2,1-3H3,(H,16,19)(H2,17,18,20,21). The highest BCUT2D eigenvalue weighted by atomic mass is 16.2. The van der Waals surface area contributed by atoms with Crippen molar-refractivity contribution in [2.75, 3.05) is 5.32 Å². The van der Waals surface area contributed by atoms with Crippen molar-refractivity contribution < 1.29 is 14.4 Å². The highest BCUT2D eigenvalue weighted by Gasteiger charge is 2.43. The number of nitrogens with one attached hydrogen (secondary N) is 3. The monoisotopic (exact) mass is 290 g/mol. The van der Waals surface area contributed by atoms with Crippen molar-refractivity contribution in [1.29, 1.82) is 0 Å². The Morgan fingerprint density at radius 2 is 2.00 bits per heavy atom. The van der Waals surface area contributed by atoms with Crippen molar-refractivity contribution in [1.82, 2.24) is 10.6 Å². The molecule has 21 heavy (non-hydrogen) atoms. The van der Waals surface area contributed by atoms with Gasteiger partial charge in [0.15, 0.2) is 0 Å². The molecule has 1 aromatic rings. The highest BCUT2D eigenvalue weighted by Crippen LogP contribution is 2.26. The molecule has 1 aromatic carbocycles. The molecule has 1 unspecified atom stereocenters. The van der Waals surface area contributed by atoms with E-state index in [-0.39, 0.29) is 5.91 Å². The predicted molar refractivity (Wildman–Crippen MR) is 77.4 cm³/mol. The van der Waals surface area contributed by atoms with Crippen molar-refractivity contribution >= 4 is 23.5 Å². The fourth-order valence-electron chi connectivity index (χ4n) is 1.95. The molecule has 1 atom stereocenters. The molecule has 7 nitrogen and oxygen atoms in total. The molecule has 1 aliphatic heterocycles.